The Labute approximate surface area is 114 Å². The number of nitrogens with two attached hydrogens (primary N) is 1. The molecule has 0 fully saturated rings. The number of benzene rings is 1. The van der Waals surface area contributed by atoms with Gasteiger partial charge in [-0.15, -0.1) is 0 Å². The standard InChI is InChI=1S/C15H21N3O/c1-15(2,3)18-10-17-13(14(18)16)12-7-5-11(6-8-12)9-19-4/h5-8,10H,9,16H2,1-4H3. The molecular formula is C15H21N3O. The largest absolute Gasteiger partial charge is 0.383 e. The molecule has 2 aromatic rings. The van der Waals surface area contributed by atoms with Crippen molar-refractivity contribution in [2.45, 2.75) is 32.9 Å². The third-order valence-electron chi connectivity index (χ3n) is 3.07. The fourth-order valence-corrected chi connectivity index (χ4v) is 2.04. The number of aromatic nitrogens is 2. The van der Waals surface area contributed by atoms with E-state index in [0.29, 0.717) is 12.4 Å². The molecule has 102 valence electrons. The molecule has 0 aliphatic carbocycles. The molecule has 0 atom stereocenters. The Morgan fingerprint density at radius 2 is 1.84 bits per heavy atom. The Bertz CT molecular complexity index is 550. The van der Waals surface area contributed by atoms with Gasteiger partial charge in [-0.25, -0.2) is 4.98 Å². The number of imidazole rings is 1. The van der Waals surface area contributed by atoms with Gasteiger partial charge in [0.15, 0.2) is 0 Å². The van der Waals surface area contributed by atoms with Gasteiger partial charge in [-0.2, -0.15) is 0 Å². The molecule has 0 bridgehead atoms. The van der Waals surface area contributed by atoms with Crippen LogP contribution in [0.2, 0.25) is 0 Å². The highest BCUT2D eigenvalue weighted by molar-refractivity contribution is 5.70. The molecule has 2 N–H and O–H groups in total. The number of anilines is 1. The van der Waals surface area contributed by atoms with E-state index in [2.05, 4.69) is 25.8 Å². The zero-order chi connectivity index (χ0) is 14.0. The Hall–Kier alpha value is -1.81. The molecule has 4 nitrogen and oxygen atoms in total. The van der Waals surface area contributed by atoms with E-state index in [1.54, 1.807) is 13.4 Å². The van der Waals surface area contributed by atoms with Crippen LogP contribution in [-0.4, -0.2) is 16.7 Å². The van der Waals surface area contributed by atoms with Gasteiger partial charge >= 0.3 is 0 Å². The van der Waals surface area contributed by atoms with Crippen LogP contribution in [0.15, 0.2) is 30.6 Å². The number of hydrogen-bond acceptors (Lipinski definition) is 3. The normalized spacial score (nSPS) is 11.8. The molecule has 0 saturated heterocycles. The van der Waals surface area contributed by atoms with Crippen LogP contribution in [-0.2, 0) is 16.9 Å². The number of rotatable bonds is 3. The van der Waals surface area contributed by atoms with Gasteiger partial charge in [0.1, 0.15) is 11.5 Å². The van der Waals surface area contributed by atoms with Gasteiger partial charge in [0.25, 0.3) is 0 Å². The minimum absolute atomic E-state index is 0.0642. The number of hydrogen-bond donors (Lipinski definition) is 1. The molecule has 0 unspecified atom stereocenters. The highest BCUT2D eigenvalue weighted by Gasteiger charge is 2.19. The van der Waals surface area contributed by atoms with E-state index in [-0.39, 0.29) is 5.54 Å². The Kier molecular flexibility index (Phi) is 3.62. The maximum absolute atomic E-state index is 6.19. The van der Waals surface area contributed by atoms with Gasteiger partial charge in [0.05, 0.1) is 12.9 Å². The predicted molar refractivity (Wildman–Crippen MR) is 77.8 cm³/mol. The summed E-state index contributed by atoms with van der Waals surface area (Å²) in [5.41, 5.74) is 9.13. The second kappa shape index (κ2) is 5.05. The van der Waals surface area contributed by atoms with Crippen LogP contribution < -0.4 is 5.73 Å². The van der Waals surface area contributed by atoms with Crippen molar-refractivity contribution >= 4 is 5.82 Å². The van der Waals surface area contributed by atoms with E-state index >= 15 is 0 Å². The van der Waals surface area contributed by atoms with Crippen molar-refractivity contribution < 1.29 is 4.74 Å². The highest BCUT2D eigenvalue weighted by atomic mass is 16.5. The lowest BCUT2D eigenvalue weighted by Gasteiger charge is -2.22. The smallest absolute Gasteiger partial charge is 0.132 e. The molecular weight excluding hydrogens is 238 g/mol. The maximum atomic E-state index is 6.19. The van der Waals surface area contributed by atoms with Gasteiger partial charge < -0.3 is 15.0 Å². The Morgan fingerprint density at radius 1 is 1.21 bits per heavy atom. The molecule has 0 amide bonds. The van der Waals surface area contributed by atoms with Gasteiger partial charge in [0, 0.05) is 18.2 Å². The number of methoxy groups -OCH3 is 1. The molecule has 0 aliphatic heterocycles. The van der Waals surface area contributed by atoms with Crippen molar-refractivity contribution in [3.8, 4) is 11.3 Å². The van der Waals surface area contributed by atoms with Crippen molar-refractivity contribution in [2.24, 2.45) is 0 Å². The highest BCUT2D eigenvalue weighted by Crippen LogP contribution is 2.28. The lowest BCUT2D eigenvalue weighted by atomic mass is 10.1. The van der Waals surface area contributed by atoms with Crippen molar-refractivity contribution in [1.82, 2.24) is 9.55 Å². The van der Waals surface area contributed by atoms with Crippen LogP contribution in [0.25, 0.3) is 11.3 Å². The fraction of sp³-hybridized carbons (Fsp3) is 0.400. The SMILES string of the molecule is COCc1ccc(-c2ncn(C(C)(C)C)c2N)cc1. The van der Waals surface area contributed by atoms with E-state index in [9.17, 15) is 0 Å². The Balaban J connectivity index is 2.35. The summed E-state index contributed by atoms with van der Waals surface area (Å²) in [5, 5.41) is 0. The van der Waals surface area contributed by atoms with Gasteiger partial charge in [0.2, 0.25) is 0 Å². The van der Waals surface area contributed by atoms with Crippen molar-refractivity contribution in [3.63, 3.8) is 0 Å². The van der Waals surface area contributed by atoms with Crippen LogP contribution >= 0.6 is 0 Å². The molecule has 0 saturated carbocycles. The van der Waals surface area contributed by atoms with Crippen LogP contribution in [0.1, 0.15) is 26.3 Å². The van der Waals surface area contributed by atoms with Crippen molar-refractivity contribution in [1.29, 1.82) is 0 Å². The molecule has 0 aliphatic rings. The summed E-state index contributed by atoms with van der Waals surface area (Å²) in [5.74, 6) is 0.701. The molecule has 0 radical (unpaired) electrons. The summed E-state index contributed by atoms with van der Waals surface area (Å²) in [7, 11) is 1.69. The summed E-state index contributed by atoms with van der Waals surface area (Å²) in [4.78, 5) is 4.43. The fourth-order valence-electron chi connectivity index (χ4n) is 2.04. The second-order valence-corrected chi connectivity index (χ2v) is 5.65. The van der Waals surface area contributed by atoms with Gasteiger partial charge in [-0.3, -0.25) is 0 Å². The first kappa shape index (κ1) is 13.6. The zero-order valence-corrected chi connectivity index (χ0v) is 12.0. The quantitative estimate of drug-likeness (QED) is 0.921. The van der Waals surface area contributed by atoms with Crippen molar-refractivity contribution in [3.05, 3.63) is 36.2 Å². The van der Waals surface area contributed by atoms with Crippen LogP contribution in [0.4, 0.5) is 5.82 Å². The molecule has 1 aromatic heterocycles. The average Bonchev–Trinajstić information content (AvgIpc) is 2.72. The van der Waals surface area contributed by atoms with E-state index < -0.39 is 0 Å². The number of nitrogen functional groups attached to an aromatic ring is 1. The lowest BCUT2D eigenvalue weighted by molar-refractivity contribution is 0.185. The molecule has 4 heteroatoms. The molecule has 0 spiro atoms. The van der Waals surface area contributed by atoms with Gasteiger partial charge in [-0.1, -0.05) is 24.3 Å². The van der Waals surface area contributed by atoms with Gasteiger partial charge in [-0.05, 0) is 26.3 Å². The summed E-state index contributed by atoms with van der Waals surface area (Å²) in [6.07, 6.45) is 1.80. The first-order chi connectivity index (χ1) is 8.93. The topological polar surface area (TPSA) is 53.1 Å². The molecule has 19 heavy (non-hydrogen) atoms. The Morgan fingerprint density at radius 3 is 2.32 bits per heavy atom. The van der Waals surface area contributed by atoms with E-state index in [0.717, 1.165) is 16.8 Å². The minimum atomic E-state index is -0.0642. The summed E-state index contributed by atoms with van der Waals surface area (Å²) >= 11 is 0. The van der Waals surface area contributed by atoms with Crippen LogP contribution in [0.5, 0.6) is 0 Å². The summed E-state index contributed by atoms with van der Waals surface area (Å²) in [6, 6.07) is 8.13. The summed E-state index contributed by atoms with van der Waals surface area (Å²) < 4.78 is 7.09. The van der Waals surface area contributed by atoms with Crippen LogP contribution in [0, 0.1) is 0 Å². The molecule has 1 heterocycles. The first-order valence-electron chi connectivity index (χ1n) is 6.35. The third-order valence-corrected chi connectivity index (χ3v) is 3.07. The first-order valence-corrected chi connectivity index (χ1v) is 6.35. The van der Waals surface area contributed by atoms with E-state index in [1.165, 1.54) is 0 Å². The average molecular weight is 259 g/mol. The van der Waals surface area contributed by atoms with E-state index in [4.69, 9.17) is 10.5 Å². The monoisotopic (exact) mass is 259 g/mol. The van der Waals surface area contributed by atoms with Crippen molar-refractivity contribution in [2.75, 3.05) is 12.8 Å². The lowest BCUT2D eigenvalue weighted by Crippen LogP contribution is -2.22. The molecule has 2 rings (SSSR count). The molecule has 1 aromatic carbocycles. The zero-order valence-electron chi connectivity index (χ0n) is 12.0. The number of nitrogens with zero attached hydrogens (tertiary/aromatic N) is 2. The second-order valence-electron chi connectivity index (χ2n) is 5.65. The summed E-state index contributed by atoms with van der Waals surface area (Å²) in [6.45, 7) is 6.94. The minimum Gasteiger partial charge on any atom is -0.383 e. The predicted octanol–water partition coefficient (Wildman–Crippen LogP) is 3.03. The number of ether oxygens (including phenoxy) is 1. The maximum Gasteiger partial charge on any atom is 0.132 e. The van der Waals surface area contributed by atoms with E-state index in [1.807, 2.05) is 28.8 Å². The van der Waals surface area contributed by atoms with Crippen LogP contribution in [0.3, 0.4) is 0 Å². The third kappa shape index (κ3) is 2.79.